The zero-order valence-electron chi connectivity index (χ0n) is 10.7. The average molecular weight is 234 g/mol. The third-order valence-electron chi connectivity index (χ3n) is 5.64. The number of esters is 1. The van der Waals surface area contributed by atoms with Crippen LogP contribution in [0.2, 0.25) is 0 Å². The molecule has 0 aliphatic heterocycles. The molecule has 17 heavy (non-hydrogen) atoms. The van der Waals surface area contributed by atoms with E-state index in [1.54, 1.807) is 0 Å². The number of carbonyl (C=O) groups is 1. The van der Waals surface area contributed by atoms with E-state index in [1.165, 1.54) is 39.2 Å². The summed E-state index contributed by atoms with van der Waals surface area (Å²) in [5.41, 5.74) is -0.218. The first-order valence-electron chi connectivity index (χ1n) is 6.90. The molecular formula is C15H22O2. The molecule has 4 saturated carbocycles. The minimum atomic E-state index is -0.218. The predicted octanol–water partition coefficient (Wildman–Crippen LogP) is 3.18. The van der Waals surface area contributed by atoms with Crippen molar-refractivity contribution in [2.45, 2.75) is 38.5 Å². The molecule has 2 nitrogen and oxygen atoms in total. The molecule has 94 valence electrons. The van der Waals surface area contributed by atoms with E-state index in [9.17, 15) is 4.79 Å². The molecule has 0 atom stereocenters. The van der Waals surface area contributed by atoms with Crippen LogP contribution in [0, 0.1) is 29.1 Å². The highest BCUT2D eigenvalue weighted by atomic mass is 16.5. The molecule has 4 rings (SSSR count). The van der Waals surface area contributed by atoms with Crippen molar-refractivity contribution < 1.29 is 9.53 Å². The third-order valence-corrected chi connectivity index (χ3v) is 5.64. The van der Waals surface area contributed by atoms with E-state index >= 15 is 0 Å². The predicted molar refractivity (Wildman–Crippen MR) is 66.3 cm³/mol. The lowest BCUT2D eigenvalue weighted by Crippen LogP contribution is -2.56. The molecule has 0 unspecified atom stereocenters. The summed E-state index contributed by atoms with van der Waals surface area (Å²) in [7, 11) is 1.54. The zero-order chi connectivity index (χ0) is 12.0. The van der Waals surface area contributed by atoms with Crippen LogP contribution in [-0.2, 0) is 9.53 Å². The van der Waals surface area contributed by atoms with Crippen LogP contribution in [-0.4, -0.2) is 13.1 Å². The molecule has 0 aromatic heterocycles. The maximum absolute atomic E-state index is 12.3. The van der Waals surface area contributed by atoms with Gasteiger partial charge in [0.25, 0.3) is 0 Å². The van der Waals surface area contributed by atoms with Gasteiger partial charge in [-0.1, -0.05) is 6.08 Å². The van der Waals surface area contributed by atoms with Crippen LogP contribution in [0.25, 0.3) is 0 Å². The van der Waals surface area contributed by atoms with Crippen LogP contribution >= 0.6 is 0 Å². The van der Waals surface area contributed by atoms with Crippen LogP contribution in [0.15, 0.2) is 12.7 Å². The summed E-state index contributed by atoms with van der Waals surface area (Å²) in [5, 5.41) is 0. The van der Waals surface area contributed by atoms with Gasteiger partial charge in [-0.15, -0.1) is 6.58 Å². The molecule has 0 aromatic carbocycles. The number of hydrogen-bond acceptors (Lipinski definition) is 2. The number of hydrogen-bond donors (Lipinski definition) is 0. The fourth-order valence-electron chi connectivity index (χ4n) is 5.20. The minimum Gasteiger partial charge on any atom is -0.469 e. The second kappa shape index (κ2) is 3.86. The molecular weight excluding hydrogens is 212 g/mol. The lowest BCUT2D eigenvalue weighted by molar-refractivity contribution is -0.180. The number of ether oxygens (including phenoxy) is 1. The molecule has 0 heterocycles. The van der Waals surface area contributed by atoms with Gasteiger partial charge in [-0.3, -0.25) is 4.79 Å². The van der Waals surface area contributed by atoms with E-state index in [2.05, 4.69) is 6.58 Å². The molecule has 0 radical (unpaired) electrons. The number of rotatable bonds is 3. The van der Waals surface area contributed by atoms with Crippen LogP contribution in [0.3, 0.4) is 0 Å². The number of allylic oxidation sites excluding steroid dienone is 1. The van der Waals surface area contributed by atoms with E-state index in [4.69, 9.17) is 4.74 Å². The highest BCUT2D eigenvalue weighted by molar-refractivity contribution is 5.78. The van der Waals surface area contributed by atoms with Gasteiger partial charge in [-0.05, 0) is 62.2 Å². The van der Waals surface area contributed by atoms with E-state index in [-0.39, 0.29) is 11.4 Å². The molecule has 4 aliphatic rings. The Balaban J connectivity index is 1.98. The minimum absolute atomic E-state index is 0.0335. The van der Waals surface area contributed by atoms with E-state index in [1.807, 2.05) is 6.08 Å². The van der Waals surface area contributed by atoms with E-state index in [0.717, 1.165) is 18.3 Å². The average Bonchev–Trinajstić information content (AvgIpc) is 2.32. The molecule has 0 aromatic rings. The van der Waals surface area contributed by atoms with Crippen LogP contribution in [0.4, 0.5) is 0 Å². The van der Waals surface area contributed by atoms with Gasteiger partial charge < -0.3 is 4.74 Å². The first kappa shape index (κ1) is 11.3. The van der Waals surface area contributed by atoms with Crippen molar-refractivity contribution in [1.29, 1.82) is 0 Å². The van der Waals surface area contributed by atoms with Gasteiger partial charge in [0.05, 0.1) is 12.5 Å². The van der Waals surface area contributed by atoms with Crippen LogP contribution in [0.1, 0.15) is 38.5 Å². The lowest BCUT2D eigenvalue weighted by Gasteiger charge is -2.59. The monoisotopic (exact) mass is 234 g/mol. The van der Waals surface area contributed by atoms with Crippen molar-refractivity contribution in [3.05, 3.63) is 12.7 Å². The summed E-state index contributed by atoms with van der Waals surface area (Å²) in [6.07, 6.45) is 9.14. The second-order valence-corrected chi connectivity index (χ2v) is 6.33. The Morgan fingerprint density at radius 1 is 1.24 bits per heavy atom. The summed E-state index contributed by atoms with van der Waals surface area (Å²) in [4.78, 5) is 12.3. The molecule has 2 heteroatoms. The number of methoxy groups -OCH3 is 1. The van der Waals surface area contributed by atoms with Gasteiger partial charge in [0.1, 0.15) is 0 Å². The molecule has 0 amide bonds. The van der Waals surface area contributed by atoms with Crippen molar-refractivity contribution in [3.8, 4) is 0 Å². The Morgan fingerprint density at radius 3 is 2.18 bits per heavy atom. The molecule has 4 aliphatic carbocycles. The first-order chi connectivity index (χ1) is 8.20. The van der Waals surface area contributed by atoms with Gasteiger partial charge in [-0.25, -0.2) is 0 Å². The Bertz CT molecular complexity index is 317. The lowest BCUT2D eigenvalue weighted by atomic mass is 9.44. The SMILES string of the molecule is C=CCC1(C(=O)OC)C2CC3CC(C2)CC1C3. The largest absolute Gasteiger partial charge is 0.469 e. The van der Waals surface area contributed by atoms with Crippen LogP contribution < -0.4 is 0 Å². The first-order valence-corrected chi connectivity index (χ1v) is 6.90. The summed E-state index contributed by atoms with van der Waals surface area (Å²) in [5.74, 6) is 2.93. The van der Waals surface area contributed by atoms with Gasteiger partial charge in [0.15, 0.2) is 0 Å². The summed E-state index contributed by atoms with van der Waals surface area (Å²) in [6, 6.07) is 0. The van der Waals surface area contributed by atoms with Crippen molar-refractivity contribution in [2.24, 2.45) is 29.1 Å². The van der Waals surface area contributed by atoms with Gasteiger partial charge in [0, 0.05) is 0 Å². The smallest absolute Gasteiger partial charge is 0.312 e. The maximum atomic E-state index is 12.3. The van der Waals surface area contributed by atoms with Crippen molar-refractivity contribution in [1.82, 2.24) is 0 Å². The van der Waals surface area contributed by atoms with Gasteiger partial charge in [0.2, 0.25) is 0 Å². The zero-order valence-corrected chi connectivity index (χ0v) is 10.7. The van der Waals surface area contributed by atoms with Crippen molar-refractivity contribution >= 4 is 5.97 Å². The summed E-state index contributed by atoms with van der Waals surface area (Å²) < 4.78 is 5.15. The standard InChI is InChI=1S/C15H22O2/c1-3-4-15(14(16)17-2)12-6-10-5-11(8-12)9-13(15)7-10/h3,10-13H,1,4-9H2,2H3. The van der Waals surface area contributed by atoms with Crippen molar-refractivity contribution in [3.63, 3.8) is 0 Å². The molecule has 4 bridgehead atoms. The fourth-order valence-corrected chi connectivity index (χ4v) is 5.20. The fraction of sp³-hybridized carbons (Fsp3) is 0.800. The molecule has 0 spiro atoms. The Kier molecular flexibility index (Phi) is 2.57. The molecule has 0 N–H and O–H groups in total. The van der Waals surface area contributed by atoms with Crippen molar-refractivity contribution in [2.75, 3.05) is 7.11 Å². The van der Waals surface area contributed by atoms with Crippen LogP contribution in [0.5, 0.6) is 0 Å². The van der Waals surface area contributed by atoms with Gasteiger partial charge >= 0.3 is 5.97 Å². The Morgan fingerprint density at radius 2 is 1.76 bits per heavy atom. The topological polar surface area (TPSA) is 26.3 Å². The number of carbonyl (C=O) groups excluding carboxylic acids is 1. The highest BCUT2D eigenvalue weighted by Crippen LogP contribution is 2.63. The van der Waals surface area contributed by atoms with E-state index in [0.29, 0.717) is 11.8 Å². The van der Waals surface area contributed by atoms with Gasteiger partial charge in [-0.2, -0.15) is 0 Å². The van der Waals surface area contributed by atoms with E-state index < -0.39 is 0 Å². The quantitative estimate of drug-likeness (QED) is 0.554. The summed E-state index contributed by atoms with van der Waals surface area (Å²) >= 11 is 0. The maximum Gasteiger partial charge on any atom is 0.312 e. The molecule has 4 fully saturated rings. The normalized spacial score (nSPS) is 46.9. The summed E-state index contributed by atoms with van der Waals surface area (Å²) in [6.45, 7) is 3.87. The molecule has 0 saturated heterocycles. The highest BCUT2D eigenvalue weighted by Gasteiger charge is 2.60. The Hall–Kier alpha value is -0.790. The Labute approximate surface area is 103 Å². The second-order valence-electron chi connectivity index (χ2n) is 6.33. The third kappa shape index (κ3) is 1.42.